The molecule has 126 valence electrons. The van der Waals surface area contributed by atoms with E-state index in [1.807, 2.05) is 13.0 Å². The molecule has 6 nitrogen and oxygen atoms in total. The molecule has 3 heterocycles. The molecule has 1 aromatic heterocycles. The van der Waals surface area contributed by atoms with Gasteiger partial charge in [0.05, 0.1) is 29.0 Å². The van der Waals surface area contributed by atoms with Crippen LogP contribution < -0.4 is 4.90 Å². The van der Waals surface area contributed by atoms with Crippen molar-refractivity contribution in [2.45, 2.75) is 32.2 Å². The molecular weight excluding hydrogens is 314 g/mol. The number of nitrogens with zero attached hydrogens (tertiary/aromatic N) is 3. The van der Waals surface area contributed by atoms with Crippen molar-refractivity contribution in [3.05, 3.63) is 24.0 Å². The zero-order valence-corrected chi connectivity index (χ0v) is 14.3. The fourth-order valence-corrected chi connectivity index (χ4v) is 5.18. The van der Waals surface area contributed by atoms with Crippen LogP contribution in [0, 0.1) is 0 Å². The fraction of sp³-hybridized carbons (Fsp3) is 0.625. The van der Waals surface area contributed by atoms with Gasteiger partial charge in [-0.1, -0.05) is 0 Å². The Balaban J connectivity index is 1.79. The van der Waals surface area contributed by atoms with E-state index >= 15 is 0 Å². The number of carbonyl (C=O) groups excluding carboxylic acids is 1. The van der Waals surface area contributed by atoms with Crippen molar-refractivity contribution in [2.75, 3.05) is 36.0 Å². The molecule has 1 amide bonds. The molecule has 0 saturated carbocycles. The Morgan fingerprint density at radius 1 is 1.35 bits per heavy atom. The Morgan fingerprint density at radius 2 is 2.09 bits per heavy atom. The van der Waals surface area contributed by atoms with E-state index in [1.54, 1.807) is 17.3 Å². The average molecular weight is 337 g/mol. The lowest BCUT2D eigenvalue weighted by molar-refractivity contribution is 0.0708. The van der Waals surface area contributed by atoms with Crippen LogP contribution in [0.4, 0.5) is 5.69 Å². The monoisotopic (exact) mass is 337 g/mol. The highest BCUT2D eigenvalue weighted by molar-refractivity contribution is 7.91. The topological polar surface area (TPSA) is 70.6 Å². The number of aromatic nitrogens is 1. The number of pyridine rings is 1. The van der Waals surface area contributed by atoms with Crippen molar-refractivity contribution in [3.63, 3.8) is 0 Å². The van der Waals surface area contributed by atoms with Gasteiger partial charge in [0.2, 0.25) is 0 Å². The van der Waals surface area contributed by atoms with E-state index in [2.05, 4.69) is 9.88 Å². The molecule has 2 aliphatic heterocycles. The molecule has 1 aromatic rings. The molecular formula is C16H23N3O3S. The summed E-state index contributed by atoms with van der Waals surface area (Å²) in [5.41, 5.74) is 1.52. The van der Waals surface area contributed by atoms with E-state index in [9.17, 15) is 13.2 Å². The van der Waals surface area contributed by atoms with Crippen LogP contribution in [0.25, 0.3) is 0 Å². The number of anilines is 1. The quantitative estimate of drug-likeness (QED) is 0.829. The minimum absolute atomic E-state index is 0.0752. The molecule has 1 unspecified atom stereocenters. The molecule has 0 N–H and O–H groups in total. The number of hydrogen-bond acceptors (Lipinski definition) is 5. The molecule has 2 saturated heterocycles. The van der Waals surface area contributed by atoms with Gasteiger partial charge >= 0.3 is 0 Å². The summed E-state index contributed by atoms with van der Waals surface area (Å²) < 4.78 is 23.4. The highest BCUT2D eigenvalue weighted by Gasteiger charge is 2.34. The van der Waals surface area contributed by atoms with Crippen LogP contribution in [0.3, 0.4) is 0 Å². The van der Waals surface area contributed by atoms with Gasteiger partial charge in [0.25, 0.3) is 5.91 Å². The molecule has 23 heavy (non-hydrogen) atoms. The Labute approximate surface area is 137 Å². The highest BCUT2D eigenvalue weighted by atomic mass is 32.2. The van der Waals surface area contributed by atoms with Crippen molar-refractivity contribution >= 4 is 21.4 Å². The molecule has 0 aromatic carbocycles. The van der Waals surface area contributed by atoms with Gasteiger partial charge in [0.1, 0.15) is 0 Å². The van der Waals surface area contributed by atoms with Gasteiger partial charge in [-0.05, 0) is 32.3 Å². The van der Waals surface area contributed by atoms with Gasteiger partial charge in [-0.15, -0.1) is 0 Å². The maximum Gasteiger partial charge on any atom is 0.255 e. The highest BCUT2D eigenvalue weighted by Crippen LogP contribution is 2.23. The summed E-state index contributed by atoms with van der Waals surface area (Å²) in [5.74, 6) is 0.127. The maximum absolute atomic E-state index is 12.8. The zero-order chi connectivity index (χ0) is 16.4. The lowest BCUT2D eigenvalue weighted by atomic mass is 10.1. The molecule has 0 bridgehead atoms. The van der Waals surface area contributed by atoms with Crippen molar-refractivity contribution in [1.82, 2.24) is 9.88 Å². The van der Waals surface area contributed by atoms with Gasteiger partial charge < -0.3 is 9.80 Å². The predicted molar refractivity (Wildman–Crippen MR) is 89.5 cm³/mol. The van der Waals surface area contributed by atoms with E-state index in [4.69, 9.17) is 0 Å². The van der Waals surface area contributed by atoms with Gasteiger partial charge in [-0.2, -0.15) is 0 Å². The zero-order valence-electron chi connectivity index (χ0n) is 13.4. The van der Waals surface area contributed by atoms with Crippen LogP contribution in [0.15, 0.2) is 18.5 Å². The smallest absolute Gasteiger partial charge is 0.255 e. The third kappa shape index (κ3) is 3.49. The van der Waals surface area contributed by atoms with Crippen LogP contribution >= 0.6 is 0 Å². The van der Waals surface area contributed by atoms with Crippen molar-refractivity contribution in [1.29, 1.82) is 0 Å². The Bertz CT molecular complexity index is 684. The summed E-state index contributed by atoms with van der Waals surface area (Å²) in [5, 5.41) is 0. The fourth-order valence-electron chi connectivity index (χ4n) is 3.45. The SMILES string of the molecule is CCN(C(=O)c1cncc(N2CCCC2)c1)C1CCS(=O)(=O)C1. The summed E-state index contributed by atoms with van der Waals surface area (Å²) in [7, 11) is -3.01. The van der Waals surface area contributed by atoms with Crippen LogP contribution in [0.1, 0.15) is 36.5 Å². The Hall–Kier alpha value is -1.63. The first kappa shape index (κ1) is 16.2. The Morgan fingerprint density at radius 3 is 2.70 bits per heavy atom. The molecule has 2 fully saturated rings. The van der Waals surface area contributed by atoms with Gasteiger partial charge in [0.15, 0.2) is 9.84 Å². The minimum Gasteiger partial charge on any atom is -0.370 e. The first-order valence-electron chi connectivity index (χ1n) is 8.21. The molecule has 0 radical (unpaired) electrons. The minimum atomic E-state index is -3.01. The number of rotatable bonds is 4. The number of hydrogen-bond donors (Lipinski definition) is 0. The molecule has 7 heteroatoms. The maximum atomic E-state index is 12.8. The third-order valence-corrected chi connectivity index (χ3v) is 6.44. The summed E-state index contributed by atoms with van der Waals surface area (Å²) in [4.78, 5) is 20.9. The standard InChI is InChI=1S/C16H23N3O3S/c1-2-19(14-5-8-23(21,22)12-14)16(20)13-9-15(11-17-10-13)18-6-3-4-7-18/h9-11,14H,2-8,12H2,1H3. The van der Waals surface area contributed by atoms with E-state index in [-0.39, 0.29) is 23.5 Å². The second-order valence-electron chi connectivity index (χ2n) is 6.27. The summed E-state index contributed by atoms with van der Waals surface area (Å²) in [6, 6.07) is 1.67. The summed E-state index contributed by atoms with van der Waals surface area (Å²) in [6.07, 6.45) is 6.23. The van der Waals surface area contributed by atoms with E-state index in [0.717, 1.165) is 18.8 Å². The lowest BCUT2D eigenvalue weighted by Crippen LogP contribution is -2.41. The average Bonchev–Trinajstić information content (AvgIpc) is 3.18. The van der Waals surface area contributed by atoms with Crippen LogP contribution in [0.5, 0.6) is 0 Å². The second kappa shape index (κ2) is 6.47. The van der Waals surface area contributed by atoms with Gasteiger partial charge in [-0.25, -0.2) is 8.42 Å². The molecule has 1 atom stereocenters. The first-order valence-corrected chi connectivity index (χ1v) is 10.0. The normalized spacial score (nSPS) is 23.2. The molecule has 2 aliphatic rings. The van der Waals surface area contributed by atoms with Crippen molar-refractivity contribution in [2.24, 2.45) is 0 Å². The van der Waals surface area contributed by atoms with Crippen molar-refractivity contribution < 1.29 is 13.2 Å². The molecule has 0 aliphatic carbocycles. The predicted octanol–water partition coefficient (Wildman–Crippen LogP) is 1.33. The first-order chi connectivity index (χ1) is 11.0. The van der Waals surface area contributed by atoms with Crippen LogP contribution in [-0.2, 0) is 9.84 Å². The van der Waals surface area contributed by atoms with Crippen molar-refractivity contribution in [3.8, 4) is 0 Å². The molecule has 3 rings (SSSR count). The second-order valence-corrected chi connectivity index (χ2v) is 8.50. The third-order valence-electron chi connectivity index (χ3n) is 4.69. The summed E-state index contributed by atoms with van der Waals surface area (Å²) in [6.45, 7) is 4.39. The largest absolute Gasteiger partial charge is 0.370 e. The van der Waals surface area contributed by atoms with Crippen LogP contribution in [0.2, 0.25) is 0 Å². The number of amides is 1. The van der Waals surface area contributed by atoms with E-state index in [0.29, 0.717) is 18.5 Å². The van der Waals surface area contributed by atoms with Gasteiger partial charge in [-0.3, -0.25) is 9.78 Å². The van der Waals surface area contributed by atoms with Gasteiger partial charge in [0, 0.05) is 31.9 Å². The lowest BCUT2D eigenvalue weighted by Gasteiger charge is -2.27. The van der Waals surface area contributed by atoms with E-state index < -0.39 is 9.84 Å². The summed E-state index contributed by atoms with van der Waals surface area (Å²) >= 11 is 0. The Kier molecular flexibility index (Phi) is 4.57. The van der Waals surface area contributed by atoms with Crippen LogP contribution in [-0.4, -0.2) is 61.4 Å². The number of sulfone groups is 1. The van der Waals surface area contributed by atoms with E-state index in [1.165, 1.54) is 12.8 Å². The molecule has 0 spiro atoms. The number of carbonyl (C=O) groups is 1.